The quantitative estimate of drug-likeness (QED) is 0.498. The third-order valence-electron chi connectivity index (χ3n) is 5.81. The fourth-order valence-corrected chi connectivity index (χ4v) is 4.30. The van der Waals surface area contributed by atoms with Crippen molar-refractivity contribution in [3.8, 4) is 0 Å². The van der Waals surface area contributed by atoms with E-state index in [1.54, 1.807) is 0 Å². The van der Waals surface area contributed by atoms with Crippen molar-refractivity contribution in [1.29, 1.82) is 0 Å². The fraction of sp³-hybridized carbons (Fsp3) is 0.333. The summed E-state index contributed by atoms with van der Waals surface area (Å²) in [5.41, 5.74) is 5.20. The molecule has 31 heavy (non-hydrogen) atoms. The molecule has 7 heteroatoms. The lowest BCUT2D eigenvalue weighted by Crippen LogP contribution is -2.48. The minimum Gasteiger partial charge on any atom is -0.336 e. The lowest BCUT2D eigenvalue weighted by molar-refractivity contribution is 0.0628. The molecule has 5 nitrogen and oxygen atoms in total. The number of halogens is 2. The molecule has 2 aromatic carbocycles. The number of carbonyl (C=O) groups excluding carboxylic acids is 1. The second-order valence-corrected chi connectivity index (χ2v) is 9.26. The van der Waals surface area contributed by atoms with Gasteiger partial charge in [0.05, 0.1) is 22.4 Å². The van der Waals surface area contributed by atoms with E-state index in [1.807, 2.05) is 52.9 Å². The Morgan fingerprint density at radius 3 is 2.10 bits per heavy atom. The minimum atomic E-state index is 0.103. The molecular weight excluding hydrogens is 476 g/mol. The second kappa shape index (κ2) is 9.55. The highest BCUT2D eigenvalue weighted by Crippen LogP contribution is 2.21. The lowest BCUT2D eigenvalue weighted by Gasteiger charge is -2.34. The fourth-order valence-electron chi connectivity index (χ4n) is 3.89. The SMILES string of the molecule is Cc1nn(Cc2ccc(C(=O)N3CCN(Cc4ccc(Cl)cc4)CC3)cc2)c(C)c1Br. The molecule has 2 heterocycles. The van der Waals surface area contributed by atoms with Crippen LogP contribution in [-0.2, 0) is 13.1 Å². The van der Waals surface area contributed by atoms with E-state index in [1.165, 1.54) is 5.56 Å². The number of aryl methyl sites for hydroxylation is 1. The van der Waals surface area contributed by atoms with E-state index in [0.29, 0.717) is 6.54 Å². The Morgan fingerprint density at radius 1 is 0.935 bits per heavy atom. The second-order valence-electron chi connectivity index (χ2n) is 8.03. The summed E-state index contributed by atoms with van der Waals surface area (Å²) in [6.07, 6.45) is 0. The maximum Gasteiger partial charge on any atom is 0.253 e. The van der Waals surface area contributed by atoms with Gasteiger partial charge < -0.3 is 4.90 Å². The average molecular weight is 502 g/mol. The standard InChI is InChI=1S/C24H26BrClN4O/c1-17-23(25)18(2)30(27-17)16-20-3-7-21(8-4-20)24(31)29-13-11-28(12-14-29)15-19-5-9-22(26)10-6-19/h3-10H,11-16H2,1-2H3. The van der Waals surface area contributed by atoms with Crippen molar-refractivity contribution >= 4 is 33.4 Å². The van der Waals surface area contributed by atoms with Crippen molar-refractivity contribution in [2.75, 3.05) is 26.2 Å². The van der Waals surface area contributed by atoms with Crippen LogP contribution in [-0.4, -0.2) is 51.7 Å². The number of nitrogens with zero attached hydrogens (tertiary/aromatic N) is 4. The zero-order valence-electron chi connectivity index (χ0n) is 17.8. The van der Waals surface area contributed by atoms with E-state index in [0.717, 1.165) is 64.7 Å². The average Bonchev–Trinajstić information content (AvgIpc) is 3.02. The van der Waals surface area contributed by atoms with Crippen molar-refractivity contribution < 1.29 is 4.79 Å². The van der Waals surface area contributed by atoms with Gasteiger partial charge in [-0.1, -0.05) is 35.9 Å². The number of aromatic nitrogens is 2. The number of benzene rings is 2. The summed E-state index contributed by atoms with van der Waals surface area (Å²) < 4.78 is 3.03. The number of hydrogen-bond acceptors (Lipinski definition) is 3. The Kier molecular flexibility index (Phi) is 6.80. The molecule has 0 radical (unpaired) electrons. The van der Waals surface area contributed by atoms with Gasteiger partial charge in [-0.2, -0.15) is 5.10 Å². The van der Waals surface area contributed by atoms with E-state index in [4.69, 9.17) is 11.6 Å². The van der Waals surface area contributed by atoms with Crippen LogP contribution in [0.3, 0.4) is 0 Å². The molecule has 0 aliphatic carbocycles. The van der Waals surface area contributed by atoms with Gasteiger partial charge in [-0.3, -0.25) is 14.4 Å². The molecule has 0 atom stereocenters. The molecule has 0 spiro atoms. The molecular formula is C24H26BrClN4O. The highest BCUT2D eigenvalue weighted by atomic mass is 79.9. The zero-order chi connectivity index (χ0) is 22.0. The Hall–Kier alpha value is -2.15. The minimum absolute atomic E-state index is 0.103. The summed E-state index contributed by atoms with van der Waals surface area (Å²) in [5.74, 6) is 0.103. The van der Waals surface area contributed by atoms with Gasteiger partial charge in [0, 0.05) is 43.3 Å². The molecule has 0 bridgehead atoms. The highest BCUT2D eigenvalue weighted by Gasteiger charge is 2.22. The number of hydrogen-bond donors (Lipinski definition) is 0. The van der Waals surface area contributed by atoms with Gasteiger partial charge in [-0.15, -0.1) is 0 Å². The molecule has 1 aliphatic heterocycles. The van der Waals surface area contributed by atoms with Gasteiger partial charge in [0.25, 0.3) is 5.91 Å². The van der Waals surface area contributed by atoms with Crippen LogP contribution < -0.4 is 0 Å². The lowest BCUT2D eigenvalue weighted by atomic mass is 10.1. The van der Waals surface area contributed by atoms with Crippen LogP contribution in [0.1, 0.15) is 32.9 Å². The molecule has 3 aromatic rings. The molecule has 4 rings (SSSR count). The first-order chi connectivity index (χ1) is 14.9. The third kappa shape index (κ3) is 5.20. The van der Waals surface area contributed by atoms with E-state index in [-0.39, 0.29) is 5.91 Å². The molecule has 1 amide bonds. The van der Waals surface area contributed by atoms with Crippen LogP contribution in [0.15, 0.2) is 53.0 Å². The van der Waals surface area contributed by atoms with Gasteiger partial charge >= 0.3 is 0 Å². The molecule has 1 aliphatic rings. The van der Waals surface area contributed by atoms with Gasteiger partial charge in [-0.05, 0) is 65.2 Å². The first-order valence-corrected chi connectivity index (χ1v) is 11.6. The summed E-state index contributed by atoms with van der Waals surface area (Å²) in [5, 5.41) is 5.32. The highest BCUT2D eigenvalue weighted by molar-refractivity contribution is 9.10. The molecule has 1 aromatic heterocycles. The number of piperazine rings is 1. The normalized spacial score (nSPS) is 14.8. The smallest absolute Gasteiger partial charge is 0.253 e. The number of amides is 1. The van der Waals surface area contributed by atoms with E-state index >= 15 is 0 Å². The predicted octanol–water partition coefficient (Wildman–Crippen LogP) is 4.92. The molecule has 0 saturated carbocycles. The predicted molar refractivity (Wildman–Crippen MR) is 128 cm³/mol. The van der Waals surface area contributed by atoms with Crippen LogP contribution in [0.2, 0.25) is 5.02 Å². The molecule has 0 unspecified atom stereocenters. The number of rotatable bonds is 5. The first-order valence-electron chi connectivity index (χ1n) is 10.5. The van der Waals surface area contributed by atoms with E-state index in [2.05, 4.69) is 45.0 Å². The van der Waals surface area contributed by atoms with Crippen LogP contribution in [0.4, 0.5) is 0 Å². The van der Waals surface area contributed by atoms with E-state index in [9.17, 15) is 4.79 Å². The van der Waals surface area contributed by atoms with Crippen molar-refractivity contribution in [2.45, 2.75) is 26.9 Å². The van der Waals surface area contributed by atoms with Gasteiger partial charge in [0.1, 0.15) is 0 Å². The van der Waals surface area contributed by atoms with Crippen molar-refractivity contribution in [1.82, 2.24) is 19.6 Å². The largest absolute Gasteiger partial charge is 0.336 e. The summed E-state index contributed by atoms with van der Waals surface area (Å²) in [6, 6.07) is 15.9. The van der Waals surface area contributed by atoms with Crippen LogP contribution in [0.25, 0.3) is 0 Å². The Balaban J connectivity index is 1.32. The van der Waals surface area contributed by atoms with Gasteiger partial charge in [0.2, 0.25) is 0 Å². The third-order valence-corrected chi connectivity index (χ3v) is 7.20. The van der Waals surface area contributed by atoms with Crippen LogP contribution in [0, 0.1) is 13.8 Å². The van der Waals surface area contributed by atoms with E-state index < -0.39 is 0 Å². The topological polar surface area (TPSA) is 41.4 Å². The summed E-state index contributed by atoms with van der Waals surface area (Å²) in [4.78, 5) is 17.3. The summed E-state index contributed by atoms with van der Waals surface area (Å²) >= 11 is 9.54. The Morgan fingerprint density at radius 2 is 1.52 bits per heavy atom. The Labute approximate surface area is 196 Å². The molecule has 1 fully saturated rings. The maximum atomic E-state index is 12.9. The molecule has 1 saturated heterocycles. The van der Waals surface area contributed by atoms with Gasteiger partial charge in [0.15, 0.2) is 0 Å². The van der Waals surface area contributed by atoms with Crippen molar-refractivity contribution in [3.05, 3.63) is 86.1 Å². The van der Waals surface area contributed by atoms with Gasteiger partial charge in [-0.25, -0.2) is 0 Å². The molecule has 162 valence electrons. The monoisotopic (exact) mass is 500 g/mol. The van der Waals surface area contributed by atoms with Crippen LogP contribution in [0.5, 0.6) is 0 Å². The number of carbonyl (C=O) groups is 1. The first kappa shape index (κ1) is 22.1. The van der Waals surface area contributed by atoms with Crippen LogP contribution >= 0.6 is 27.5 Å². The molecule has 0 N–H and O–H groups in total. The summed E-state index contributed by atoms with van der Waals surface area (Å²) in [6.45, 7) is 8.85. The maximum absolute atomic E-state index is 12.9. The van der Waals surface area contributed by atoms with Crippen molar-refractivity contribution in [2.24, 2.45) is 0 Å². The summed E-state index contributed by atoms with van der Waals surface area (Å²) in [7, 11) is 0. The Bertz CT molecular complexity index is 1050. The zero-order valence-corrected chi connectivity index (χ0v) is 20.2. The van der Waals surface area contributed by atoms with Crippen molar-refractivity contribution in [3.63, 3.8) is 0 Å².